The van der Waals surface area contributed by atoms with Crippen LogP contribution in [0.15, 0.2) is 0 Å². The van der Waals surface area contributed by atoms with Gasteiger partial charge in [0.25, 0.3) is 0 Å². The number of rotatable bonds is 6. The molecular formula is C9H16F3NO3S. The molecule has 1 atom stereocenters. The normalized spacial score (nSPS) is 21.9. The van der Waals surface area contributed by atoms with Crippen LogP contribution in [0.25, 0.3) is 0 Å². The first kappa shape index (κ1) is 14.7. The maximum absolute atomic E-state index is 11.8. The van der Waals surface area contributed by atoms with Crippen molar-refractivity contribution >= 4 is 9.84 Å². The molecule has 1 heterocycles. The summed E-state index contributed by atoms with van der Waals surface area (Å²) in [4.78, 5) is 0. The van der Waals surface area contributed by atoms with Gasteiger partial charge in [0, 0.05) is 13.2 Å². The Morgan fingerprint density at radius 1 is 1.35 bits per heavy atom. The summed E-state index contributed by atoms with van der Waals surface area (Å²) in [5.41, 5.74) is 0. The van der Waals surface area contributed by atoms with Crippen LogP contribution in [0.4, 0.5) is 13.2 Å². The van der Waals surface area contributed by atoms with E-state index in [1.54, 1.807) is 0 Å². The zero-order valence-electron chi connectivity index (χ0n) is 9.29. The molecule has 102 valence electrons. The Bertz CT molecular complexity index is 323. The summed E-state index contributed by atoms with van der Waals surface area (Å²) in [7, 11) is -3.34. The van der Waals surface area contributed by atoms with Gasteiger partial charge >= 0.3 is 6.18 Å². The van der Waals surface area contributed by atoms with E-state index in [-0.39, 0.29) is 24.2 Å². The number of sulfone groups is 1. The van der Waals surface area contributed by atoms with Crippen LogP contribution >= 0.6 is 0 Å². The lowest BCUT2D eigenvalue weighted by atomic mass is 10.3. The Morgan fingerprint density at radius 3 is 2.59 bits per heavy atom. The highest BCUT2D eigenvalue weighted by Crippen LogP contribution is 2.14. The van der Waals surface area contributed by atoms with E-state index in [2.05, 4.69) is 5.32 Å². The van der Waals surface area contributed by atoms with Gasteiger partial charge in [0.15, 0.2) is 9.84 Å². The molecule has 1 rings (SSSR count). The summed E-state index contributed by atoms with van der Waals surface area (Å²) < 4.78 is 63.5. The van der Waals surface area contributed by atoms with Gasteiger partial charge in [0.2, 0.25) is 0 Å². The lowest BCUT2D eigenvalue weighted by Crippen LogP contribution is -2.34. The predicted molar refractivity (Wildman–Crippen MR) is 56.6 cm³/mol. The van der Waals surface area contributed by atoms with Crippen LogP contribution in [0, 0.1) is 0 Å². The van der Waals surface area contributed by atoms with Crippen molar-refractivity contribution in [2.75, 3.05) is 31.2 Å². The molecule has 1 fully saturated rings. The van der Waals surface area contributed by atoms with Crippen molar-refractivity contribution in [3.05, 3.63) is 0 Å². The van der Waals surface area contributed by atoms with Gasteiger partial charge in [-0.15, -0.1) is 0 Å². The molecule has 1 aliphatic heterocycles. The molecule has 17 heavy (non-hydrogen) atoms. The second kappa shape index (κ2) is 6.01. The average molecular weight is 275 g/mol. The summed E-state index contributed by atoms with van der Waals surface area (Å²) in [6.45, 7) is -0.788. The molecule has 1 saturated heterocycles. The molecule has 0 amide bonds. The van der Waals surface area contributed by atoms with E-state index in [0.717, 1.165) is 6.42 Å². The molecule has 0 aliphatic carbocycles. The third-order valence-corrected chi connectivity index (χ3v) is 4.08. The monoisotopic (exact) mass is 275 g/mol. The number of hydrogen-bond donors (Lipinski definition) is 1. The second-order valence-electron chi connectivity index (χ2n) is 4.04. The van der Waals surface area contributed by atoms with Crippen molar-refractivity contribution in [2.45, 2.75) is 25.1 Å². The van der Waals surface area contributed by atoms with Gasteiger partial charge in [-0.2, -0.15) is 13.2 Å². The zero-order valence-corrected chi connectivity index (χ0v) is 10.1. The van der Waals surface area contributed by atoms with E-state index in [4.69, 9.17) is 4.74 Å². The van der Waals surface area contributed by atoms with Gasteiger partial charge in [0.1, 0.15) is 0 Å². The van der Waals surface area contributed by atoms with Crippen LogP contribution in [-0.2, 0) is 14.6 Å². The van der Waals surface area contributed by atoms with Crippen molar-refractivity contribution in [1.29, 1.82) is 0 Å². The van der Waals surface area contributed by atoms with E-state index in [1.165, 1.54) is 0 Å². The van der Waals surface area contributed by atoms with Crippen molar-refractivity contribution in [3.63, 3.8) is 0 Å². The summed E-state index contributed by atoms with van der Waals surface area (Å²) in [5, 5.41) is 2.06. The molecule has 0 aromatic carbocycles. The van der Waals surface area contributed by atoms with Gasteiger partial charge in [-0.1, -0.05) is 0 Å². The van der Waals surface area contributed by atoms with E-state index in [1.807, 2.05) is 0 Å². The van der Waals surface area contributed by atoms with Crippen LogP contribution in [0.2, 0.25) is 0 Å². The van der Waals surface area contributed by atoms with Crippen molar-refractivity contribution in [1.82, 2.24) is 5.32 Å². The molecule has 1 unspecified atom stereocenters. The SMILES string of the molecule is O=S(=O)(CCNCC(F)(F)F)CC1CCCO1. The van der Waals surface area contributed by atoms with Crippen LogP contribution in [-0.4, -0.2) is 51.9 Å². The fourth-order valence-corrected chi connectivity index (χ4v) is 3.05. The highest BCUT2D eigenvalue weighted by atomic mass is 32.2. The lowest BCUT2D eigenvalue weighted by molar-refractivity contribution is -0.124. The molecular weight excluding hydrogens is 259 g/mol. The summed E-state index contributed by atoms with van der Waals surface area (Å²) in [6.07, 6.45) is -3.05. The van der Waals surface area contributed by atoms with Gasteiger partial charge in [-0.05, 0) is 12.8 Å². The molecule has 0 saturated carbocycles. The predicted octanol–water partition coefficient (Wildman–Crippen LogP) is 0.732. The minimum Gasteiger partial charge on any atom is -0.377 e. The van der Waals surface area contributed by atoms with Crippen molar-refractivity contribution < 1.29 is 26.3 Å². The Kier molecular flexibility index (Phi) is 5.21. The number of alkyl halides is 3. The Hall–Kier alpha value is -0.340. The van der Waals surface area contributed by atoms with Crippen molar-refractivity contribution in [3.8, 4) is 0 Å². The maximum Gasteiger partial charge on any atom is 0.401 e. The quantitative estimate of drug-likeness (QED) is 0.726. The summed E-state index contributed by atoms with van der Waals surface area (Å²) in [5.74, 6) is -0.385. The van der Waals surface area contributed by atoms with Gasteiger partial charge in [-0.3, -0.25) is 0 Å². The summed E-state index contributed by atoms with van der Waals surface area (Å²) in [6, 6.07) is 0. The highest BCUT2D eigenvalue weighted by molar-refractivity contribution is 7.91. The first-order valence-electron chi connectivity index (χ1n) is 5.38. The van der Waals surface area contributed by atoms with Crippen LogP contribution in [0.3, 0.4) is 0 Å². The maximum atomic E-state index is 11.8. The topological polar surface area (TPSA) is 55.4 Å². The minimum absolute atomic E-state index is 0.0965. The molecule has 8 heteroatoms. The molecule has 1 N–H and O–H groups in total. The molecule has 0 aromatic rings. The van der Waals surface area contributed by atoms with E-state index in [9.17, 15) is 21.6 Å². The molecule has 0 spiro atoms. The molecule has 4 nitrogen and oxygen atoms in total. The zero-order chi connectivity index (χ0) is 12.9. The largest absolute Gasteiger partial charge is 0.401 e. The van der Waals surface area contributed by atoms with Crippen LogP contribution in [0.5, 0.6) is 0 Å². The summed E-state index contributed by atoms with van der Waals surface area (Å²) >= 11 is 0. The Morgan fingerprint density at radius 2 is 2.06 bits per heavy atom. The van der Waals surface area contributed by atoms with E-state index < -0.39 is 22.6 Å². The molecule has 0 bridgehead atoms. The fourth-order valence-electron chi connectivity index (χ4n) is 1.60. The third kappa shape index (κ3) is 6.85. The number of hydrogen-bond acceptors (Lipinski definition) is 4. The standard InChI is InChI=1S/C9H16F3NO3S/c10-9(11,12)7-13-3-5-17(14,15)6-8-2-1-4-16-8/h8,13H,1-7H2. The average Bonchev–Trinajstić information content (AvgIpc) is 2.63. The minimum atomic E-state index is -4.31. The fraction of sp³-hybridized carbons (Fsp3) is 1.00. The third-order valence-electron chi connectivity index (χ3n) is 2.38. The number of nitrogens with one attached hydrogen (secondary N) is 1. The van der Waals surface area contributed by atoms with Gasteiger partial charge in [-0.25, -0.2) is 8.42 Å². The second-order valence-corrected chi connectivity index (χ2v) is 6.27. The number of halogens is 3. The molecule has 0 radical (unpaired) electrons. The van der Waals surface area contributed by atoms with Crippen LogP contribution in [0.1, 0.15) is 12.8 Å². The highest BCUT2D eigenvalue weighted by Gasteiger charge is 2.27. The first-order valence-corrected chi connectivity index (χ1v) is 7.20. The number of ether oxygens (including phenoxy) is 1. The van der Waals surface area contributed by atoms with E-state index >= 15 is 0 Å². The Labute approximate surface area is 98.4 Å². The Balaban J connectivity index is 2.20. The van der Waals surface area contributed by atoms with Gasteiger partial charge < -0.3 is 10.1 Å². The van der Waals surface area contributed by atoms with Crippen LogP contribution < -0.4 is 5.32 Å². The van der Waals surface area contributed by atoms with Gasteiger partial charge in [0.05, 0.1) is 24.2 Å². The van der Waals surface area contributed by atoms with E-state index in [0.29, 0.717) is 13.0 Å². The first-order chi connectivity index (χ1) is 7.79. The van der Waals surface area contributed by atoms with Crippen molar-refractivity contribution in [2.24, 2.45) is 0 Å². The smallest absolute Gasteiger partial charge is 0.377 e. The molecule has 1 aliphatic rings. The lowest BCUT2D eigenvalue weighted by Gasteiger charge is -2.11. The molecule has 0 aromatic heterocycles.